The number of carbonyl (C=O) groups is 1. The van der Waals surface area contributed by atoms with Gasteiger partial charge in [-0.25, -0.2) is 0 Å². The molecule has 2 aliphatic rings. The average molecular weight is 324 g/mol. The number of nitrogens with one attached hydrogen (secondary N) is 2. The molecule has 0 radical (unpaired) electrons. The predicted octanol–water partition coefficient (Wildman–Crippen LogP) is 1.11. The molecule has 2 fully saturated rings. The molecule has 2 rings (SSSR count). The quantitative estimate of drug-likeness (QED) is 0.523. The predicted molar refractivity (Wildman–Crippen MR) is 92.4 cm³/mol. The van der Waals surface area contributed by atoms with Crippen LogP contribution in [0.25, 0.3) is 0 Å². The van der Waals surface area contributed by atoms with Crippen LogP contribution in [-0.2, 0) is 4.79 Å². The minimum absolute atomic E-state index is 0.201. The zero-order valence-electron chi connectivity index (χ0n) is 14.8. The molecule has 0 heterocycles. The fourth-order valence-electron chi connectivity index (χ4n) is 3.92. The molecule has 1 amide bonds. The van der Waals surface area contributed by atoms with Crippen molar-refractivity contribution in [3.63, 3.8) is 0 Å². The van der Waals surface area contributed by atoms with Crippen molar-refractivity contribution in [2.24, 2.45) is 10.4 Å². The van der Waals surface area contributed by atoms with E-state index in [2.05, 4.69) is 15.6 Å². The van der Waals surface area contributed by atoms with Gasteiger partial charge in [0, 0.05) is 34.2 Å². The first kappa shape index (κ1) is 18.0. The first-order valence-electron chi connectivity index (χ1n) is 8.80. The Kier molecular flexibility index (Phi) is 5.89. The van der Waals surface area contributed by atoms with Crippen LogP contribution in [0.2, 0.25) is 0 Å². The van der Waals surface area contributed by atoms with Gasteiger partial charge in [-0.05, 0) is 25.7 Å². The number of carbonyl (C=O) groups excluding carboxylic acids is 1. The Labute approximate surface area is 139 Å². The van der Waals surface area contributed by atoms with Gasteiger partial charge in [-0.1, -0.05) is 25.7 Å². The summed E-state index contributed by atoms with van der Waals surface area (Å²) in [6.07, 6.45) is 7.94. The van der Waals surface area contributed by atoms with E-state index in [0.29, 0.717) is 19.0 Å². The molecule has 23 heavy (non-hydrogen) atoms. The van der Waals surface area contributed by atoms with Crippen LogP contribution in [0.3, 0.4) is 0 Å². The maximum Gasteiger partial charge on any atom is 0.230 e. The summed E-state index contributed by atoms with van der Waals surface area (Å²) in [6, 6.07) is 0. The van der Waals surface area contributed by atoms with Crippen LogP contribution in [0.4, 0.5) is 0 Å². The summed E-state index contributed by atoms with van der Waals surface area (Å²) in [4.78, 5) is 18.5. The molecule has 3 N–H and O–H groups in total. The number of rotatable bonds is 5. The number of aliphatic hydroxyl groups is 1. The van der Waals surface area contributed by atoms with E-state index in [1.165, 1.54) is 0 Å². The number of guanidine groups is 1. The molecule has 2 saturated carbocycles. The highest BCUT2D eigenvalue weighted by molar-refractivity contribution is 5.85. The SMILES string of the molecule is CN=C(NCC1(O)CCCC1)NCC1(C(=O)N(C)C)CCCC1. The minimum atomic E-state index is -0.609. The fraction of sp³-hybridized carbons (Fsp3) is 0.882. The van der Waals surface area contributed by atoms with Crippen LogP contribution in [0.1, 0.15) is 51.4 Å². The first-order valence-corrected chi connectivity index (χ1v) is 8.80. The Hall–Kier alpha value is -1.30. The highest BCUT2D eigenvalue weighted by Gasteiger charge is 2.42. The summed E-state index contributed by atoms with van der Waals surface area (Å²) >= 11 is 0. The number of amides is 1. The highest BCUT2D eigenvalue weighted by atomic mass is 16.3. The third kappa shape index (κ3) is 4.37. The van der Waals surface area contributed by atoms with E-state index in [4.69, 9.17) is 0 Å². The van der Waals surface area contributed by atoms with Gasteiger partial charge in [0.1, 0.15) is 0 Å². The maximum atomic E-state index is 12.6. The first-order chi connectivity index (χ1) is 10.9. The van der Waals surface area contributed by atoms with Gasteiger partial charge in [-0.3, -0.25) is 9.79 Å². The summed E-state index contributed by atoms with van der Waals surface area (Å²) in [6.45, 7) is 1.11. The Morgan fingerprint density at radius 3 is 2.09 bits per heavy atom. The normalized spacial score (nSPS) is 22.9. The van der Waals surface area contributed by atoms with E-state index in [1.54, 1.807) is 11.9 Å². The molecular weight excluding hydrogens is 292 g/mol. The lowest BCUT2D eigenvalue weighted by molar-refractivity contribution is -0.138. The van der Waals surface area contributed by atoms with Crippen LogP contribution in [0.15, 0.2) is 4.99 Å². The van der Waals surface area contributed by atoms with E-state index in [0.717, 1.165) is 51.4 Å². The molecule has 0 atom stereocenters. The Bertz CT molecular complexity index is 436. The molecule has 0 aliphatic heterocycles. The van der Waals surface area contributed by atoms with E-state index >= 15 is 0 Å². The Morgan fingerprint density at radius 2 is 1.57 bits per heavy atom. The van der Waals surface area contributed by atoms with Gasteiger partial charge < -0.3 is 20.6 Å². The smallest absolute Gasteiger partial charge is 0.230 e. The lowest BCUT2D eigenvalue weighted by Crippen LogP contribution is -2.51. The van der Waals surface area contributed by atoms with Crippen LogP contribution >= 0.6 is 0 Å². The van der Waals surface area contributed by atoms with Gasteiger partial charge in [0.25, 0.3) is 0 Å². The van der Waals surface area contributed by atoms with Crippen LogP contribution in [-0.4, -0.2) is 61.7 Å². The summed E-state index contributed by atoms with van der Waals surface area (Å²) < 4.78 is 0. The molecule has 2 aliphatic carbocycles. The van der Waals surface area contributed by atoms with Gasteiger partial charge in [0.05, 0.1) is 11.0 Å². The third-order valence-electron chi connectivity index (χ3n) is 5.36. The van der Waals surface area contributed by atoms with Gasteiger partial charge in [-0.15, -0.1) is 0 Å². The molecule has 0 saturated heterocycles. The molecule has 0 aromatic rings. The van der Waals surface area contributed by atoms with Gasteiger partial charge >= 0.3 is 0 Å². The van der Waals surface area contributed by atoms with Crippen molar-refractivity contribution in [1.82, 2.24) is 15.5 Å². The fourth-order valence-corrected chi connectivity index (χ4v) is 3.92. The van der Waals surface area contributed by atoms with Crippen molar-refractivity contribution in [3.8, 4) is 0 Å². The molecule has 0 aromatic heterocycles. The molecular formula is C17H32N4O2. The van der Waals surface area contributed by atoms with Crippen molar-refractivity contribution in [2.45, 2.75) is 57.0 Å². The van der Waals surface area contributed by atoms with Crippen molar-refractivity contribution >= 4 is 11.9 Å². The van der Waals surface area contributed by atoms with E-state index in [1.807, 2.05) is 14.1 Å². The largest absolute Gasteiger partial charge is 0.388 e. The molecule has 0 spiro atoms. The van der Waals surface area contributed by atoms with E-state index < -0.39 is 5.60 Å². The van der Waals surface area contributed by atoms with Crippen molar-refractivity contribution < 1.29 is 9.90 Å². The molecule has 6 heteroatoms. The molecule has 0 aromatic carbocycles. The summed E-state index contributed by atoms with van der Waals surface area (Å²) in [7, 11) is 5.37. The molecule has 0 unspecified atom stereocenters. The lowest BCUT2D eigenvalue weighted by Gasteiger charge is -2.32. The van der Waals surface area contributed by atoms with Crippen LogP contribution in [0, 0.1) is 5.41 Å². The molecule has 132 valence electrons. The zero-order chi connectivity index (χ0) is 16.9. The van der Waals surface area contributed by atoms with Gasteiger partial charge in [0.2, 0.25) is 5.91 Å². The highest BCUT2D eigenvalue weighted by Crippen LogP contribution is 2.38. The van der Waals surface area contributed by atoms with E-state index in [-0.39, 0.29) is 11.3 Å². The maximum absolute atomic E-state index is 12.6. The number of nitrogens with zero attached hydrogens (tertiary/aromatic N) is 2. The van der Waals surface area contributed by atoms with Crippen molar-refractivity contribution in [2.75, 3.05) is 34.2 Å². The summed E-state index contributed by atoms with van der Waals surface area (Å²) in [5, 5.41) is 17.0. The topological polar surface area (TPSA) is 77.0 Å². The zero-order valence-corrected chi connectivity index (χ0v) is 14.8. The Morgan fingerprint density at radius 1 is 1.04 bits per heavy atom. The third-order valence-corrected chi connectivity index (χ3v) is 5.36. The second-order valence-corrected chi connectivity index (χ2v) is 7.40. The number of aliphatic imine (C=N–C) groups is 1. The van der Waals surface area contributed by atoms with E-state index in [9.17, 15) is 9.90 Å². The number of hydrogen-bond acceptors (Lipinski definition) is 3. The number of hydrogen-bond donors (Lipinski definition) is 3. The van der Waals surface area contributed by atoms with Crippen molar-refractivity contribution in [1.29, 1.82) is 0 Å². The summed E-state index contributed by atoms with van der Waals surface area (Å²) in [5.41, 5.74) is -0.923. The van der Waals surface area contributed by atoms with Gasteiger partial charge in [0.15, 0.2) is 5.96 Å². The van der Waals surface area contributed by atoms with Gasteiger partial charge in [-0.2, -0.15) is 0 Å². The average Bonchev–Trinajstić information content (AvgIpc) is 3.17. The Balaban J connectivity index is 1.89. The van der Waals surface area contributed by atoms with Crippen LogP contribution < -0.4 is 10.6 Å². The lowest BCUT2D eigenvalue weighted by atomic mass is 9.84. The molecule has 0 bridgehead atoms. The molecule has 6 nitrogen and oxygen atoms in total. The van der Waals surface area contributed by atoms with Crippen LogP contribution in [0.5, 0.6) is 0 Å². The van der Waals surface area contributed by atoms with Crippen molar-refractivity contribution in [3.05, 3.63) is 0 Å². The minimum Gasteiger partial charge on any atom is -0.388 e. The second-order valence-electron chi connectivity index (χ2n) is 7.40. The second kappa shape index (κ2) is 7.51. The monoisotopic (exact) mass is 324 g/mol. The standard InChI is InChI=1S/C17H32N4O2/c1-18-15(20-13-17(23)10-6-7-11-17)19-12-16(8-4-5-9-16)14(22)21(2)3/h23H,4-13H2,1-3H3,(H2,18,19,20). The summed E-state index contributed by atoms with van der Waals surface area (Å²) in [5.74, 6) is 0.871.